The smallest absolute Gasteiger partial charge is 0.335 e. The van der Waals surface area contributed by atoms with E-state index in [0.29, 0.717) is 39.4 Å². The van der Waals surface area contributed by atoms with Crippen molar-refractivity contribution in [1.82, 2.24) is 5.32 Å². The zero-order valence-electron chi connectivity index (χ0n) is 17.8. The van der Waals surface area contributed by atoms with Gasteiger partial charge in [0.2, 0.25) is 0 Å². The summed E-state index contributed by atoms with van der Waals surface area (Å²) in [6.07, 6.45) is 0. The summed E-state index contributed by atoms with van der Waals surface area (Å²) < 4.78 is 11.3. The maximum Gasteiger partial charge on any atom is 0.335 e. The van der Waals surface area contributed by atoms with Gasteiger partial charge in [-0.3, -0.25) is 4.79 Å². The van der Waals surface area contributed by atoms with Crippen LogP contribution in [0.2, 0.25) is 10.0 Å². The third kappa shape index (κ3) is 7.52. The van der Waals surface area contributed by atoms with E-state index in [4.69, 9.17) is 37.8 Å². The Hall–Kier alpha value is -2.64. The van der Waals surface area contributed by atoms with Crippen LogP contribution < -0.4 is 20.1 Å². The Balaban J connectivity index is 2.17. The van der Waals surface area contributed by atoms with Crippen molar-refractivity contribution < 1.29 is 24.2 Å². The summed E-state index contributed by atoms with van der Waals surface area (Å²) in [5, 5.41) is 15.8. The molecule has 2 rings (SSSR count). The quantitative estimate of drug-likeness (QED) is 0.479. The number of rotatable bonds is 9. The highest BCUT2D eigenvalue weighted by molar-refractivity contribution is 6.33. The Morgan fingerprint density at radius 3 is 2.32 bits per heavy atom. The number of carbonyl (C=O) groups excluding carboxylic acids is 1. The van der Waals surface area contributed by atoms with Gasteiger partial charge < -0.3 is 25.2 Å². The summed E-state index contributed by atoms with van der Waals surface area (Å²) in [6.45, 7) is 7.97. The van der Waals surface area contributed by atoms with E-state index < -0.39 is 5.97 Å². The molecule has 0 aliphatic rings. The van der Waals surface area contributed by atoms with Crippen LogP contribution in [0.1, 0.15) is 43.6 Å². The van der Waals surface area contributed by atoms with E-state index in [1.807, 2.05) is 27.7 Å². The van der Waals surface area contributed by atoms with Crippen molar-refractivity contribution in [3.05, 3.63) is 51.5 Å². The molecule has 3 N–H and O–H groups in total. The molecule has 0 heterocycles. The number of carboxylic acid groups (broad SMARTS) is 1. The van der Waals surface area contributed by atoms with E-state index in [9.17, 15) is 9.59 Å². The molecule has 0 saturated heterocycles. The van der Waals surface area contributed by atoms with Crippen LogP contribution in [0.4, 0.5) is 5.69 Å². The van der Waals surface area contributed by atoms with E-state index in [2.05, 4.69) is 10.6 Å². The van der Waals surface area contributed by atoms with Gasteiger partial charge in [-0.05, 0) is 57.5 Å². The summed E-state index contributed by atoms with van der Waals surface area (Å²) in [5.74, 6) is -0.513. The van der Waals surface area contributed by atoms with Crippen LogP contribution in [0.3, 0.4) is 0 Å². The Morgan fingerprint density at radius 2 is 1.71 bits per heavy atom. The number of amides is 1. The summed E-state index contributed by atoms with van der Waals surface area (Å²) in [7, 11) is 0. The van der Waals surface area contributed by atoms with Gasteiger partial charge in [0.05, 0.1) is 22.9 Å². The van der Waals surface area contributed by atoms with Crippen molar-refractivity contribution in [2.45, 2.75) is 39.8 Å². The van der Waals surface area contributed by atoms with Crippen molar-refractivity contribution in [2.75, 3.05) is 18.5 Å². The molecule has 0 saturated carbocycles. The predicted molar refractivity (Wildman–Crippen MR) is 122 cm³/mol. The number of anilines is 1. The maximum atomic E-state index is 12.0. The highest BCUT2D eigenvalue weighted by Gasteiger charge is 2.17. The first-order valence-corrected chi connectivity index (χ1v) is 10.4. The molecule has 0 radical (unpaired) electrons. The van der Waals surface area contributed by atoms with Gasteiger partial charge in [-0.25, -0.2) is 4.79 Å². The second kappa shape index (κ2) is 10.6. The highest BCUT2D eigenvalue weighted by atomic mass is 35.5. The zero-order valence-corrected chi connectivity index (χ0v) is 19.4. The van der Waals surface area contributed by atoms with Gasteiger partial charge in [-0.2, -0.15) is 0 Å². The Labute approximate surface area is 191 Å². The number of carbonyl (C=O) groups is 2. The van der Waals surface area contributed by atoms with Gasteiger partial charge in [-0.1, -0.05) is 23.2 Å². The van der Waals surface area contributed by atoms with Gasteiger partial charge in [-0.15, -0.1) is 0 Å². The molecule has 2 aromatic carbocycles. The number of ether oxygens (including phenoxy) is 2. The molecule has 0 aromatic heterocycles. The van der Waals surface area contributed by atoms with E-state index in [1.54, 1.807) is 12.1 Å². The first kappa shape index (κ1) is 24.6. The van der Waals surface area contributed by atoms with Gasteiger partial charge in [0.25, 0.3) is 5.91 Å². The topological polar surface area (TPSA) is 96.9 Å². The molecular formula is C22H26Cl2N2O5. The molecule has 0 aliphatic heterocycles. The van der Waals surface area contributed by atoms with Gasteiger partial charge in [0.1, 0.15) is 0 Å². The fourth-order valence-electron chi connectivity index (χ4n) is 2.68. The number of hydrogen-bond acceptors (Lipinski definition) is 5. The summed E-state index contributed by atoms with van der Waals surface area (Å²) >= 11 is 12.6. The lowest BCUT2D eigenvalue weighted by molar-refractivity contribution is -0.124. The highest BCUT2D eigenvalue weighted by Crippen LogP contribution is 2.34. The van der Waals surface area contributed by atoms with E-state index in [1.165, 1.54) is 18.2 Å². The standard InChI is InChI=1S/C22H26Cl2N2O5/c1-5-30-18-9-14(11-25-17-8-13(21(28)29)6-7-15(17)23)16(24)10-19(18)31-12-20(27)26-22(2,3)4/h6-10,25H,5,11-12H2,1-4H3,(H,26,27)(H,28,29). The molecule has 0 bridgehead atoms. The van der Waals surface area contributed by atoms with Gasteiger partial charge >= 0.3 is 5.97 Å². The SMILES string of the molecule is CCOc1cc(CNc2cc(C(=O)O)ccc2Cl)c(Cl)cc1OCC(=O)NC(C)(C)C. The van der Waals surface area contributed by atoms with Gasteiger partial charge in [0, 0.05) is 23.2 Å². The number of benzene rings is 2. The molecular weight excluding hydrogens is 443 g/mol. The average molecular weight is 469 g/mol. The van der Waals surface area contributed by atoms with E-state index in [0.717, 1.165) is 0 Å². The molecule has 1 amide bonds. The largest absolute Gasteiger partial charge is 0.490 e. The van der Waals surface area contributed by atoms with Crippen LogP contribution in [-0.4, -0.2) is 35.7 Å². The number of hydrogen-bond donors (Lipinski definition) is 3. The van der Waals surface area contributed by atoms with Crippen molar-refractivity contribution in [3.8, 4) is 11.5 Å². The molecule has 0 unspecified atom stereocenters. The number of carboxylic acids is 1. The Kier molecular flexibility index (Phi) is 8.42. The number of aromatic carboxylic acids is 1. The second-order valence-corrected chi connectivity index (χ2v) is 8.58. The maximum absolute atomic E-state index is 12.0. The summed E-state index contributed by atoms with van der Waals surface area (Å²) in [6, 6.07) is 7.69. The van der Waals surface area contributed by atoms with E-state index >= 15 is 0 Å². The fourth-order valence-corrected chi connectivity index (χ4v) is 3.08. The molecule has 0 fully saturated rings. The first-order valence-electron chi connectivity index (χ1n) is 9.66. The van der Waals surface area contributed by atoms with Crippen LogP contribution >= 0.6 is 23.2 Å². The van der Waals surface area contributed by atoms with Crippen molar-refractivity contribution >= 4 is 40.8 Å². The fraction of sp³-hybridized carbons (Fsp3) is 0.364. The second-order valence-electron chi connectivity index (χ2n) is 7.76. The summed E-state index contributed by atoms with van der Waals surface area (Å²) in [4.78, 5) is 23.2. The molecule has 0 atom stereocenters. The molecule has 0 spiro atoms. The predicted octanol–water partition coefficient (Wildman–Crippen LogP) is 5.00. The van der Waals surface area contributed by atoms with Gasteiger partial charge in [0.15, 0.2) is 18.1 Å². The minimum Gasteiger partial charge on any atom is -0.490 e. The van der Waals surface area contributed by atoms with Crippen LogP contribution in [0.15, 0.2) is 30.3 Å². The minimum atomic E-state index is -1.05. The van der Waals surface area contributed by atoms with Crippen molar-refractivity contribution in [3.63, 3.8) is 0 Å². The van der Waals surface area contributed by atoms with Crippen LogP contribution in [-0.2, 0) is 11.3 Å². The lowest BCUT2D eigenvalue weighted by atomic mass is 10.1. The normalized spacial score (nSPS) is 11.0. The molecule has 168 valence electrons. The van der Waals surface area contributed by atoms with Crippen LogP contribution in [0.5, 0.6) is 11.5 Å². The van der Waals surface area contributed by atoms with Crippen LogP contribution in [0, 0.1) is 0 Å². The molecule has 0 aliphatic carbocycles. The molecule has 9 heteroatoms. The number of halogens is 2. The van der Waals surface area contributed by atoms with E-state index in [-0.39, 0.29) is 30.2 Å². The Bertz CT molecular complexity index is 958. The molecule has 2 aromatic rings. The lowest BCUT2D eigenvalue weighted by Crippen LogP contribution is -2.43. The van der Waals surface area contributed by atoms with Crippen molar-refractivity contribution in [2.24, 2.45) is 0 Å². The zero-order chi connectivity index (χ0) is 23.2. The third-order valence-electron chi connectivity index (χ3n) is 3.97. The number of nitrogens with one attached hydrogen (secondary N) is 2. The summed E-state index contributed by atoms with van der Waals surface area (Å²) in [5.41, 5.74) is 0.906. The average Bonchev–Trinajstić information content (AvgIpc) is 2.66. The Morgan fingerprint density at radius 1 is 1.03 bits per heavy atom. The van der Waals surface area contributed by atoms with Crippen molar-refractivity contribution in [1.29, 1.82) is 0 Å². The molecule has 31 heavy (non-hydrogen) atoms. The lowest BCUT2D eigenvalue weighted by Gasteiger charge is -2.21. The first-order chi connectivity index (χ1) is 14.5. The van der Waals surface area contributed by atoms with Crippen LogP contribution in [0.25, 0.3) is 0 Å². The molecule has 7 nitrogen and oxygen atoms in total. The minimum absolute atomic E-state index is 0.116. The third-order valence-corrected chi connectivity index (χ3v) is 4.65. The monoisotopic (exact) mass is 468 g/mol.